The van der Waals surface area contributed by atoms with E-state index in [1.54, 1.807) is 0 Å². The third-order valence-corrected chi connectivity index (χ3v) is 13.9. The molecule has 0 aliphatic carbocycles. The molecule has 15 rings (SSSR count). The first-order chi connectivity index (χ1) is 34.7. The van der Waals surface area contributed by atoms with Crippen molar-refractivity contribution in [1.82, 2.24) is 19.5 Å². The van der Waals surface area contributed by atoms with Gasteiger partial charge in [-0.3, -0.25) is 0 Å². The summed E-state index contributed by atoms with van der Waals surface area (Å²) < 4.78 is 22.0. The highest BCUT2D eigenvalue weighted by atomic mass is 16.3. The first-order valence-electron chi connectivity index (χ1n) is 23.4. The highest BCUT2D eigenvalue weighted by Crippen LogP contribution is 2.44. The number of aromatic nitrogens is 4. The minimum absolute atomic E-state index is 0.489. The Kier molecular flexibility index (Phi) is 8.23. The van der Waals surface area contributed by atoms with Gasteiger partial charge in [0, 0.05) is 59.9 Å². The van der Waals surface area contributed by atoms with E-state index < -0.39 is 0 Å². The Morgan fingerprint density at radius 1 is 0.286 bits per heavy atom. The summed E-state index contributed by atoms with van der Waals surface area (Å²) in [6, 6.07) is 75.9. The molecule has 0 amide bonds. The summed E-state index contributed by atoms with van der Waals surface area (Å²) in [7, 11) is 0. The Balaban J connectivity index is 0.927. The van der Waals surface area contributed by atoms with Gasteiger partial charge in [0.05, 0.1) is 16.6 Å². The summed E-state index contributed by atoms with van der Waals surface area (Å²) in [5, 5.41) is 8.54. The Morgan fingerprint density at radius 3 is 1.53 bits per heavy atom. The van der Waals surface area contributed by atoms with Crippen molar-refractivity contribution >= 4 is 87.6 Å². The molecule has 0 atom stereocenters. The molecular weight excluding hydrogens is 861 g/mol. The number of benzene rings is 10. The number of hydrogen-bond donors (Lipinski definition) is 0. The smallest absolute Gasteiger partial charge is 0.167 e. The standard InChI is InChI=1S/C63H36N4O3/c1-3-14-37(15-4-1)41-32-50(38-16-5-2-6-17-38)59-48-20-7-10-23-52(48)67(53(59)33-41)42-28-31-56-51(36-42)47-21-13-22-49(60(47)70-56)63-65-61(39-26-29-45-43-18-8-11-24-54(43)68-57(45)34-39)64-62(66-63)40-27-30-46-44-19-9-12-25-55(44)69-58(46)35-40/h1-36H. The minimum Gasteiger partial charge on any atom is -0.456 e. The van der Waals surface area contributed by atoms with Crippen LogP contribution in [0.5, 0.6) is 0 Å². The quantitative estimate of drug-likeness (QED) is 0.165. The van der Waals surface area contributed by atoms with E-state index >= 15 is 0 Å². The summed E-state index contributed by atoms with van der Waals surface area (Å²) in [6.07, 6.45) is 0. The summed E-state index contributed by atoms with van der Waals surface area (Å²) in [5.41, 5.74) is 15.0. The monoisotopic (exact) mass is 896 g/mol. The van der Waals surface area contributed by atoms with Gasteiger partial charge >= 0.3 is 0 Å². The van der Waals surface area contributed by atoms with Crippen LogP contribution in [0, 0.1) is 0 Å². The van der Waals surface area contributed by atoms with Crippen LogP contribution < -0.4 is 0 Å². The van der Waals surface area contributed by atoms with Crippen LogP contribution in [0.25, 0.3) is 150 Å². The van der Waals surface area contributed by atoms with Crippen molar-refractivity contribution in [2.75, 3.05) is 0 Å². The van der Waals surface area contributed by atoms with Crippen molar-refractivity contribution < 1.29 is 13.3 Å². The van der Waals surface area contributed by atoms with E-state index in [-0.39, 0.29) is 0 Å². The Hall–Kier alpha value is -9.59. The molecule has 0 spiro atoms. The van der Waals surface area contributed by atoms with Gasteiger partial charge in [-0.2, -0.15) is 0 Å². The van der Waals surface area contributed by atoms with Crippen LogP contribution in [-0.2, 0) is 0 Å². The second-order valence-electron chi connectivity index (χ2n) is 17.9. The first kappa shape index (κ1) is 38.5. The molecule has 5 aromatic heterocycles. The zero-order valence-corrected chi connectivity index (χ0v) is 37.3. The number of hydrogen-bond acceptors (Lipinski definition) is 6. The maximum Gasteiger partial charge on any atom is 0.167 e. The van der Waals surface area contributed by atoms with Crippen molar-refractivity contribution in [1.29, 1.82) is 0 Å². The highest BCUT2D eigenvalue weighted by Gasteiger charge is 2.22. The number of fused-ring (bicyclic) bond motifs is 12. The van der Waals surface area contributed by atoms with Gasteiger partial charge in [0.15, 0.2) is 17.5 Å². The summed E-state index contributed by atoms with van der Waals surface area (Å²) in [5.74, 6) is 1.51. The zero-order valence-electron chi connectivity index (χ0n) is 37.3. The van der Waals surface area contributed by atoms with Crippen molar-refractivity contribution in [2.45, 2.75) is 0 Å². The van der Waals surface area contributed by atoms with E-state index in [0.29, 0.717) is 23.1 Å². The molecule has 0 N–H and O–H groups in total. The van der Waals surface area contributed by atoms with Gasteiger partial charge in [0.25, 0.3) is 0 Å². The normalized spacial score (nSPS) is 12.0. The van der Waals surface area contributed by atoms with Crippen molar-refractivity contribution in [3.05, 3.63) is 218 Å². The number of para-hydroxylation sites is 4. The fraction of sp³-hybridized carbons (Fsp3) is 0. The Labute approximate surface area is 399 Å². The predicted molar refractivity (Wildman–Crippen MR) is 283 cm³/mol. The van der Waals surface area contributed by atoms with E-state index in [0.717, 1.165) is 105 Å². The molecule has 10 aromatic carbocycles. The molecule has 70 heavy (non-hydrogen) atoms. The molecular formula is C63H36N4O3. The molecule has 7 nitrogen and oxygen atoms in total. The fourth-order valence-electron chi connectivity index (χ4n) is 10.6. The van der Waals surface area contributed by atoms with Crippen molar-refractivity contribution in [3.8, 4) is 62.1 Å². The molecule has 5 heterocycles. The molecule has 326 valence electrons. The number of rotatable bonds is 6. The van der Waals surface area contributed by atoms with Gasteiger partial charge in [0.2, 0.25) is 0 Å². The molecule has 0 fully saturated rings. The number of furan rings is 3. The molecule has 0 unspecified atom stereocenters. The van der Waals surface area contributed by atoms with E-state index in [1.165, 1.54) is 21.9 Å². The lowest BCUT2D eigenvalue weighted by Gasteiger charge is -2.12. The minimum atomic E-state index is 0.489. The van der Waals surface area contributed by atoms with Crippen LogP contribution in [0.2, 0.25) is 0 Å². The SMILES string of the molecule is c1ccc(-c2cc(-c3ccccc3)c3c4ccccc4n(-c4ccc5oc6c(-c7nc(-c8ccc9c(c8)oc8ccccc89)nc(-c8ccc9c(c8)oc8ccccc89)n7)cccc6c5c4)c3c2)cc1. The third kappa shape index (κ3) is 5.91. The average molecular weight is 897 g/mol. The second kappa shape index (κ2) is 15.0. The summed E-state index contributed by atoms with van der Waals surface area (Å²) in [4.78, 5) is 15.6. The lowest BCUT2D eigenvalue weighted by Crippen LogP contribution is -2.00. The zero-order chi connectivity index (χ0) is 45.9. The van der Waals surface area contributed by atoms with Crippen LogP contribution in [0.4, 0.5) is 0 Å². The molecule has 0 bridgehead atoms. The van der Waals surface area contributed by atoms with Gasteiger partial charge in [-0.05, 0) is 101 Å². The third-order valence-electron chi connectivity index (χ3n) is 13.9. The largest absolute Gasteiger partial charge is 0.456 e. The highest BCUT2D eigenvalue weighted by molar-refractivity contribution is 6.18. The van der Waals surface area contributed by atoms with E-state index in [4.69, 9.17) is 28.2 Å². The number of nitrogens with zero attached hydrogens (tertiary/aromatic N) is 4. The van der Waals surface area contributed by atoms with Crippen molar-refractivity contribution in [3.63, 3.8) is 0 Å². The topological polar surface area (TPSA) is 83.0 Å². The van der Waals surface area contributed by atoms with Crippen LogP contribution in [0.3, 0.4) is 0 Å². The van der Waals surface area contributed by atoms with Crippen LogP contribution in [0.15, 0.2) is 232 Å². The van der Waals surface area contributed by atoms with Crippen LogP contribution in [0.1, 0.15) is 0 Å². The lowest BCUT2D eigenvalue weighted by atomic mass is 9.94. The molecule has 0 saturated carbocycles. The first-order valence-corrected chi connectivity index (χ1v) is 23.4. The maximum atomic E-state index is 6.87. The van der Waals surface area contributed by atoms with Gasteiger partial charge in [0.1, 0.15) is 33.5 Å². The summed E-state index contributed by atoms with van der Waals surface area (Å²) in [6.45, 7) is 0. The Bertz CT molecular complexity index is 4470. The fourth-order valence-corrected chi connectivity index (χ4v) is 10.6. The van der Waals surface area contributed by atoms with Crippen LogP contribution in [-0.4, -0.2) is 19.5 Å². The van der Waals surface area contributed by atoms with Gasteiger partial charge < -0.3 is 17.8 Å². The predicted octanol–water partition coefficient (Wildman–Crippen LogP) is 17.0. The lowest BCUT2D eigenvalue weighted by molar-refractivity contribution is 0.668. The molecule has 0 aliphatic heterocycles. The van der Waals surface area contributed by atoms with E-state index in [1.807, 2.05) is 54.6 Å². The molecule has 0 radical (unpaired) electrons. The maximum absolute atomic E-state index is 6.87. The van der Waals surface area contributed by atoms with E-state index in [2.05, 4.69) is 168 Å². The van der Waals surface area contributed by atoms with E-state index in [9.17, 15) is 0 Å². The molecule has 7 heteroatoms. The van der Waals surface area contributed by atoms with Gasteiger partial charge in [-0.15, -0.1) is 0 Å². The molecule has 0 aliphatic rings. The van der Waals surface area contributed by atoms with Crippen molar-refractivity contribution in [2.24, 2.45) is 0 Å². The van der Waals surface area contributed by atoms with Crippen LogP contribution >= 0.6 is 0 Å². The molecule has 0 saturated heterocycles. The average Bonchev–Trinajstić information content (AvgIpc) is 4.19. The summed E-state index contributed by atoms with van der Waals surface area (Å²) >= 11 is 0. The van der Waals surface area contributed by atoms with Gasteiger partial charge in [-0.1, -0.05) is 140 Å². The second-order valence-corrected chi connectivity index (χ2v) is 17.9. The Morgan fingerprint density at radius 2 is 0.843 bits per heavy atom. The van der Waals surface area contributed by atoms with Gasteiger partial charge in [-0.25, -0.2) is 15.0 Å². The molecule has 15 aromatic rings.